The standard InChI is InChI=1S/C14H19ClN6O2/c1-9(7-10-12(22)19-14(23)17-10)8-11(18-13(15)16)21-5-3-20(2)4-6-21/h7-8H,1,3-6H2,2H3,(H2,16,18)(H2,17,19,22,23)/b10-7-,11-8+. The molecule has 4 N–H and O–H groups in total. The molecule has 0 unspecified atom stereocenters. The van der Waals surface area contributed by atoms with Crippen LogP contribution in [0.2, 0.25) is 0 Å². The first kappa shape index (κ1) is 17.0. The van der Waals surface area contributed by atoms with Crippen LogP contribution in [0.15, 0.2) is 40.8 Å². The fraction of sp³-hybridized carbons (Fsp3) is 0.357. The second-order valence-corrected chi connectivity index (χ2v) is 5.66. The van der Waals surface area contributed by atoms with Gasteiger partial charge in [0.05, 0.1) is 0 Å². The molecule has 9 heteroatoms. The molecule has 8 nitrogen and oxygen atoms in total. The molecule has 0 bridgehead atoms. The first-order valence-electron chi connectivity index (χ1n) is 7.03. The third-order valence-corrected chi connectivity index (χ3v) is 3.50. The predicted molar refractivity (Wildman–Crippen MR) is 88.5 cm³/mol. The van der Waals surface area contributed by atoms with Crippen molar-refractivity contribution in [2.75, 3.05) is 33.2 Å². The number of halogens is 1. The Balaban J connectivity index is 2.18. The number of hydrogen-bond donors (Lipinski definition) is 3. The summed E-state index contributed by atoms with van der Waals surface area (Å²) >= 11 is 5.70. The lowest BCUT2D eigenvalue weighted by atomic mass is 10.2. The van der Waals surface area contributed by atoms with E-state index in [1.165, 1.54) is 6.08 Å². The minimum absolute atomic E-state index is 0.0810. The van der Waals surface area contributed by atoms with Gasteiger partial charge in [-0.1, -0.05) is 6.58 Å². The van der Waals surface area contributed by atoms with Crippen LogP contribution in [0.4, 0.5) is 4.79 Å². The van der Waals surface area contributed by atoms with Crippen LogP contribution in [0.5, 0.6) is 0 Å². The van der Waals surface area contributed by atoms with Gasteiger partial charge < -0.3 is 20.9 Å². The second-order valence-electron chi connectivity index (χ2n) is 5.27. The third-order valence-electron chi connectivity index (χ3n) is 3.41. The van der Waals surface area contributed by atoms with E-state index in [1.807, 2.05) is 11.9 Å². The first-order chi connectivity index (χ1) is 10.8. The summed E-state index contributed by atoms with van der Waals surface area (Å²) in [5, 5.41) is 4.44. The molecule has 0 aliphatic carbocycles. The van der Waals surface area contributed by atoms with Crippen molar-refractivity contribution in [3.63, 3.8) is 0 Å². The number of likely N-dealkylation sites (N-methyl/N-ethyl adjacent to an activating group) is 1. The average molecular weight is 339 g/mol. The summed E-state index contributed by atoms with van der Waals surface area (Å²) < 4.78 is 0. The maximum Gasteiger partial charge on any atom is 0.326 e. The van der Waals surface area contributed by atoms with Gasteiger partial charge in [0.2, 0.25) is 0 Å². The molecular formula is C14H19ClN6O2. The minimum Gasteiger partial charge on any atom is -0.374 e. The van der Waals surface area contributed by atoms with Crippen molar-refractivity contribution in [2.24, 2.45) is 10.7 Å². The molecule has 2 saturated heterocycles. The number of urea groups is 1. The van der Waals surface area contributed by atoms with E-state index in [9.17, 15) is 9.59 Å². The van der Waals surface area contributed by atoms with Gasteiger partial charge in [-0.05, 0) is 36.4 Å². The number of hydrogen-bond acceptors (Lipinski definition) is 5. The molecule has 0 atom stereocenters. The maximum atomic E-state index is 11.5. The summed E-state index contributed by atoms with van der Waals surface area (Å²) in [5.41, 5.74) is 6.11. The summed E-state index contributed by atoms with van der Waals surface area (Å²) in [7, 11) is 2.05. The van der Waals surface area contributed by atoms with Crippen molar-refractivity contribution in [3.8, 4) is 0 Å². The van der Waals surface area contributed by atoms with Gasteiger partial charge in [0.15, 0.2) is 5.29 Å². The van der Waals surface area contributed by atoms with Gasteiger partial charge in [-0.25, -0.2) is 9.79 Å². The highest BCUT2D eigenvalue weighted by atomic mass is 35.5. The Kier molecular flexibility index (Phi) is 5.41. The number of carbonyl (C=O) groups is 2. The second kappa shape index (κ2) is 7.30. The van der Waals surface area contributed by atoms with Gasteiger partial charge in [0, 0.05) is 26.2 Å². The molecule has 0 aromatic rings. The predicted octanol–water partition coefficient (Wildman–Crippen LogP) is -0.0918. The highest BCUT2D eigenvalue weighted by molar-refractivity contribution is 6.64. The van der Waals surface area contributed by atoms with E-state index in [0.29, 0.717) is 11.4 Å². The number of aliphatic imine (C=N–C) groups is 1. The highest BCUT2D eigenvalue weighted by Crippen LogP contribution is 2.14. The number of imide groups is 1. The minimum atomic E-state index is -0.555. The zero-order valence-corrected chi connectivity index (χ0v) is 13.6. The number of amides is 3. The molecule has 0 aromatic carbocycles. The fourth-order valence-electron chi connectivity index (χ4n) is 2.21. The zero-order chi connectivity index (χ0) is 17.0. The zero-order valence-electron chi connectivity index (χ0n) is 12.8. The summed E-state index contributed by atoms with van der Waals surface area (Å²) in [4.78, 5) is 31.0. The van der Waals surface area contributed by atoms with Gasteiger partial charge >= 0.3 is 6.03 Å². The van der Waals surface area contributed by atoms with E-state index in [1.54, 1.807) is 6.08 Å². The maximum absolute atomic E-state index is 11.5. The number of nitrogens with two attached hydrogens (primary N) is 1. The Labute approximate surface area is 139 Å². The molecule has 124 valence electrons. The largest absolute Gasteiger partial charge is 0.374 e. The van der Waals surface area contributed by atoms with Crippen LogP contribution < -0.4 is 16.4 Å². The number of carbonyl (C=O) groups excluding carboxylic acids is 2. The topological polar surface area (TPSA) is 103 Å². The molecule has 0 saturated carbocycles. The lowest BCUT2D eigenvalue weighted by Crippen LogP contribution is -2.43. The van der Waals surface area contributed by atoms with Crippen LogP contribution in [0.1, 0.15) is 0 Å². The van der Waals surface area contributed by atoms with Crippen molar-refractivity contribution in [1.29, 1.82) is 0 Å². The summed E-state index contributed by atoms with van der Waals surface area (Å²) in [6, 6.07) is -0.555. The van der Waals surface area contributed by atoms with Crippen LogP contribution >= 0.6 is 11.6 Å². The highest BCUT2D eigenvalue weighted by Gasteiger charge is 2.23. The van der Waals surface area contributed by atoms with Crippen LogP contribution in [-0.4, -0.2) is 60.3 Å². The van der Waals surface area contributed by atoms with E-state index in [0.717, 1.165) is 26.2 Å². The Bertz CT molecular complexity index is 613. The van der Waals surface area contributed by atoms with E-state index in [4.69, 9.17) is 17.3 Å². The SMILES string of the molecule is C=C(/C=C1\NC(=O)NC1=O)/C=C(\N=C(N)Cl)N1CCN(C)CC1. The number of amidine groups is 1. The van der Waals surface area contributed by atoms with Crippen molar-refractivity contribution in [2.45, 2.75) is 0 Å². The molecule has 23 heavy (non-hydrogen) atoms. The number of rotatable bonds is 4. The first-order valence-corrected chi connectivity index (χ1v) is 7.41. The van der Waals surface area contributed by atoms with Crippen molar-refractivity contribution < 1.29 is 9.59 Å². The molecule has 2 aliphatic rings. The third kappa shape index (κ3) is 4.83. The van der Waals surface area contributed by atoms with Gasteiger partial charge in [0.25, 0.3) is 5.91 Å². The summed E-state index contributed by atoms with van der Waals surface area (Å²) in [5.74, 6) is 0.0724. The summed E-state index contributed by atoms with van der Waals surface area (Å²) in [6.45, 7) is 7.19. The Morgan fingerprint density at radius 3 is 2.48 bits per heavy atom. The monoisotopic (exact) mass is 338 g/mol. The van der Waals surface area contributed by atoms with E-state index in [2.05, 4.69) is 27.1 Å². The molecular weight excluding hydrogens is 320 g/mol. The lowest BCUT2D eigenvalue weighted by Gasteiger charge is -2.34. The van der Waals surface area contributed by atoms with Gasteiger partial charge in [0.1, 0.15) is 11.5 Å². The Hall–Kier alpha value is -2.32. The van der Waals surface area contributed by atoms with E-state index in [-0.39, 0.29) is 11.0 Å². The van der Waals surface area contributed by atoms with Gasteiger partial charge in [-0.3, -0.25) is 10.1 Å². The lowest BCUT2D eigenvalue weighted by molar-refractivity contribution is -0.115. The fourth-order valence-corrected chi connectivity index (χ4v) is 2.30. The van der Waals surface area contributed by atoms with E-state index >= 15 is 0 Å². The number of allylic oxidation sites excluding steroid dienone is 3. The number of nitrogens with zero attached hydrogens (tertiary/aromatic N) is 3. The molecule has 0 aromatic heterocycles. The Morgan fingerprint density at radius 2 is 1.96 bits per heavy atom. The quantitative estimate of drug-likeness (QED) is 0.166. The molecule has 2 heterocycles. The molecule has 3 amide bonds. The van der Waals surface area contributed by atoms with Crippen molar-refractivity contribution in [1.82, 2.24) is 20.4 Å². The van der Waals surface area contributed by atoms with Gasteiger partial charge in [-0.15, -0.1) is 0 Å². The van der Waals surface area contributed by atoms with Crippen LogP contribution in [0, 0.1) is 0 Å². The van der Waals surface area contributed by atoms with Crippen LogP contribution in [0.25, 0.3) is 0 Å². The Morgan fingerprint density at radius 1 is 1.30 bits per heavy atom. The number of nitrogens with one attached hydrogen (secondary N) is 2. The molecule has 2 fully saturated rings. The number of piperazine rings is 1. The van der Waals surface area contributed by atoms with Crippen molar-refractivity contribution >= 4 is 28.8 Å². The molecule has 0 spiro atoms. The molecule has 2 aliphatic heterocycles. The van der Waals surface area contributed by atoms with E-state index < -0.39 is 11.9 Å². The van der Waals surface area contributed by atoms with Crippen LogP contribution in [0.3, 0.4) is 0 Å². The smallest absolute Gasteiger partial charge is 0.326 e. The molecule has 0 radical (unpaired) electrons. The summed E-state index contributed by atoms with van der Waals surface area (Å²) in [6.07, 6.45) is 3.14. The van der Waals surface area contributed by atoms with Crippen LogP contribution in [-0.2, 0) is 4.79 Å². The van der Waals surface area contributed by atoms with Crippen molar-refractivity contribution in [3.05, 3.63) is 35.8 Å². The normalized spacial score (nSPS) is 22.3. The molecule has 2 rings (SSSR count). The van der Waals surface area contributed by atoms with Gasteiger partial charge in [-0.2, -0.15) is 0 Å². The average Bonchev–Trinajstić information content (AvgIpc) is 2.76.